The second kappa shape index (κ2) is 3.25. The molecule has 0 radical (unpaired) electrons. The van der Waals surface area contributed by atoms with Gasteiger partial charge in [-0.1, -0.05) is 0 Å². The molecule has 0 aliphatic rings. The van der Waals surface area contributed by atoms with Crippen molar-refractivity contribution in [3.05, 3.63) is 29.6 Å². The third-order valence-corrected chi connectivity index (χ3v) is 2.27. The van der Waals surface area contributed by atoms with Crippen molar-refractivity contribution < 1.29 is 13.2 Å². The molecule has 5 heteroatoms. The molecule has 1 N–H and O–H groups in total. The number of pyridine rings is 1. The lowest BCUT2D eigenvalue weighted by Gasteiger charge is -2.05. The van der Waals surface area contributed by atoms with Gasteiger partial charge in [-0.15, -0.1) is 0 Å². The molecule has 0 aliphatic carbocycles. The van der Waals surface area contributed by atoms with Gasteiger partial charge in [-0.3, -0.25) is 0 Å². The molecule has 0 unspecified atom stereocenters. The summed E-state index contributed by atoms with van der Waals surface area (Å²) in [5, 5.41) is 0.548. The maximum absolute atomic E-state index is 12.3. The molecule has 80 valence electrons. The number of H-pyrrole nitrogens is 1. The maximum Gasteiger partial charge on any atom is 0.393 e. The number of alkyl halides is 3. The minimum absolute atomic E-state index is 0.283. The Morgan fingerprint density at radius 3 is 2.80 bits per heavy atom. The van der Waals surface area contributed by atoms with E-state index in [2.05, 4.69) is 9.97 Å². The minimum atomic E-state index is -4.18. The van der Waals surface area contributed by atoms with Crippen molar-refractivity contribution in [2.24, 2.45) is 0 Å². The van der Waals surface area contributed by atoms with Crippen LogP contribution in [0.3, 0.4) is 0 Å². The van der Waals surface area contributed by atoms with E-state index in [0.29, 0.717) is 16.7 Å². The Labute approximate surface area is 84.1 Å². The summed E-state index contributed by atoms with van der Waals surface area (Å²) in [6.45, 7) is 1.63. The molecule has 2 aromatic rings. The van der Waals surface area contributed by atoms with Crippen LogP contribution in [-0.2, 0) is 6.42 Å². The van der Waals surface area contributed by atoms with Crippen LogP contribution < -0.4 is 0 Å². The molecule has 0 saturated heterocycles. The zero-order valence-corrected chi connectivity index (χ0v) is 8.02. The molecule has 2 nitrogen and oxygen atoms in total. The SMILES string of the molecule is Cc1[nH]c2ncccc2c1CC(F)(F)F. The fourth-order valence-electron chi connectivity index (χ4n) is 1.63. The van der Waals surface area contributed by atoms with Gasteiger partial charge in [-0.2, -0.15) is 13.2 Å². The number of halogens is 3. The highest BCUT2D eigenvalue weighted by Crippen LogP contribution is 2.28. The van der Waals surface area contributed by atoms with Gasteiger partial charge >= 0.3 is 6.18 Å². The summed E-state index contributed by atoms with van der Waals surface area (Å²) in [4.78, 5) is 6.81. The Morgan fingerprint density at radius 2 is 2.13 bits per heavy atom. The number of nitrogens with zero attached hydrogens (tertiary/aromatic N) is 1. The van der Waals surface area contributed by atoms with Crippen LogP contribution in [0.15, 0.2) is 18.3 Å². The number of aromatic nitrogens is 2. The van der Waals surface area contributed by atoms with Gasteiger partial charge < -0.3 is 4.98 Å². The Bertz CT molecular complexity index is 485. The van der Waals surface area contributed by atoms with E-state index in [1.807, 2.05) is 0 Å². The van der Waals surface area contributed by atoms with E-state index in [0.717, 1.165) is 0 Å². The molecule has 15 heavy (non-hydrogen) atoms. The molecule has 0 atom stereocenters. The second-order valence-corrected chi connectivity index (χ2v) is 3.42. The zero-order valence-electron chi connectivity index (χ0n) is 8.02. The number of hydrogen-bond donors (Lipinski definition) is 1. The standard InChI is InChI=1S/C10H9F3N2/c1-6-8(5-10(11,12)13)7-3-2-4-14-9(7)15-6/h2-4H,5H2,1H3,(H,14,15). The molecule has 2 aromatic heterocycles. The summed E-state index contributed by atoms with van der Waals surface area (Å²) >= 11 is 0. The average Bonchev–Trinajstić information content (AvgIpc) is 2.41. The average molecular weight is 214 g/mol. The van der Waals surface area contributed by atoms with E-state index < -0.39 is 12.6 Å². The van der Waals surface area contributed by atoms with Crippen LogP contribution in [0.4, 0.5) is 13.2 Å². The van der Waals surface area contributed by atoms with Gasteiger partial charge in [0.15, 0.2) is 0 Å². The molecule has 0 aromatic carbocycles. The lowest BCUT2D eigenvalue weighted by molar-refractivity contribution is -0.127. The van der Waals surface area contributed by atoms with Crippen molar-refractivity contribution >= 4 is 11.0 Å². The lowest BCUT2D eigenvalue weighted by Crippen LogP contribution is -2.11. The first-order valence-electron chi connectivity index (χ1n) is 4.46. The smallest absolute Gasteiger partial charge is 0.343 e. The molecular weight excluding hydrogens is 205 g/mol. The van der Waals surface area contributed by atoms with Crippen molar-refractivity contribution in [1.29, 1.82) is 0 Å². The first-order chi connectivity index (χ1) is 6.97. The van der Waals surface area contributed by atoms with Crippen LogP contribution in [-0.4, -0.2) is 16.1 Å². The molecule has 0 aliphatic heterocycles. The normalized spacial score (nSPS) is 12.3. The summed E-state index contributed by atoms with van der Waals surface area (Å²) < 4.78 is 36.9. The minimum Gasteiger partial charge on any atom is -0.343 e. The number of rotatable bonds is 1. The number of fused-ring (bicyclic) bond motifs is 1. The largest absolute Gasteiger partial charge is 0.393 e. The predicted octanol–water partition coefficient (Wildman–Crippen LogP) is 2.98. The number of aryl methyl sites for hydroxylation is 1. The number of aromatic amines is 1. The molecule has 2 rings (SSSR count). The number of nitrogens with one attached hydrogen (secondary N) is 1. The molecule has 0 saturated carbocycles. The summed E-state index contributed by atoms with van der Waals surface area (Å²) in [7, 11) is 0. The van der Waals surface area contributed by atoms with E-state index in [9.17, 15) is 13.2 Å². The molecule has 0 spiro atoms. The van der Waals surface area contributed by atoms with Crippen LogP contribution in [0, 0.1) is 6.92 Å². The number of hydrogen-bond acceptors (Lipinski definition) is 1. The third-order valence-electron chi connectivity index (χ3n) is 2.27. The first kappa shape index (κ1) is 10.0. The van der Waals surface area contributed by atoms with Crippen LogP contribution >= 0.6 is 0 Å². The fourth-order valence-corrected chi connectivity index (χ4v) is 1.63. The molecular formula is C10H9F3N2. The molecule has 0 fully saturated rings. The van der Waals surface area contributed by atoms with E-state index in [-0.39, 0.29) is 5.56 Å². The monoisotopic (exact) mass is 214 g/mol. The predicted molar refractivity (Wildman–Crippen MR) is 50.6 cm³/mol. The quantitative estimate of drug-likeness (QED) is 0.776. The zero-order chi connectivity index (χ0) is 11.1. The second-order valence-electron chi connectivity index (χ2n) is 3.42. The highest BCUT2D eigenvalue weighted by Gasteiger charge is 2.30. The van der Waals surface area contributed by atoms with Crippen LogP contribution in [0.1, 0.15) is 11.3 Å². The van der Waals surface area contributed by atoms with Gasteiger partial charge in [-0.05, 0) is 24.6 Å². The van der Waals surface area contributed by atoms with Crippen LogP contribution in [0.25, 0.3) is 11.0 Å². The van der Waals surface area contributed by atoms with Crippen LogP contribution in [0.2, 0.25) is 0 Å². The first-order valence-corrected chi connectivity index (χ1v) is 4.46. The van der Waals surface area contributed by atoms with Crippen molar-refractivity contribution in [3.8, 4) is 0 Å². The molecule has 0 amide bonds. The Hall–Kier alpha value is -1.52. The van der Waals surface area contributed by atoms with Crippen molar-refractivity contribution in [1.82, 2.24) is 9.97 Å². The fraction of sp³-hybridized carbons (Fsp3) is 0.300. The van der Waals surface area contributed by atoms with E-state index in [4.69, 9.17) is 0 Å². The van der Waals surface area contributed by atoms with Crippen molar-refractivity contribution in [2.45, 2.75) is 19.5 Å². The van der Waals surface area contributed by atoms with E-state index in [1.54, 1.807) is 25.3 Å². The Kier molecular flexibility index (Phi) is 2.17. The van der Waals surface area contributed by atoms with Crippen molar-refractivity contribution in [2.75, 3.05) is 0 Å². The van der Waals surface area contributed by atoms with E-state index >= 15 is 0 Å². The van der Waals surface area contributed by atoms with Gasteiger partial charge in [0.25, 0.3) is 0 Å². The van der Waals surface area contributed by atoms with Crippen LogP contribution in [0.5, 0.6) is 0 Å². The molecule has 2 heterocycles. The van der Waals surface area contributed by atoms with Gasteiger partial charge in [0.2, 0.25) is 0 Å². The van der Waals surface area contributed by atoms with Gasteiger partial charge in [0, 0.05) is 17.3 Å². The Morgan fingerprint density at radius 1 is 1.40 bits per heavy atom. The summed E-state index contributed by atoms with van der Waals surface area (Å²) in [6.07, 6.45) is -3.55. The van der Waals surface area contributed by atoms with Gasteiger partial charge in [0.05, 0.1) is 6.42 Å². The summed E-state index contributed by atoms with van der Waals surface area (Å²) in [5.74, 6) is 0. The lowest BCUT2D eigenvalue weighted by atomic mass is 10.1. The summed E-state index contributed by atoms with van der Waals surface area (Å²) in [5.41, 5.74) is 1.32. The van der Waals surface area contributed by atoms with Crippen molar-refractivity contribution in [3.63, 3.8) is 0 Å². The highest BCUT2D eigenvalue weighted by atomic mass is 19.4. The topological polar surface area (TPSA) is 28.7 Å². The molecule has 0 bridgehead atoms. The highest BCUT2D eigenvalue weighted by molar-refractivity contribution is 5.81. The summed E-state index contributed by atoms with van der Waals surface area (Å²) in [6, 6.07) is 3.28. The van der Waals surface area contributed by atoms with Gasteiger partial charge in [-0.25, -0.2) is 4.98 Å². The maximum atomic E-state index is 12.3. The third kappa shape index (κ3) is 1.95. The van der Waals surface area contributed by atoms with E-state index in [1.165, 1.54) is 0 Å². The van der Waals surface area contributed by atoms with Gasteiger partial charge in [0.1, 0.15) is 5.65 Å². The Balaban J connectivity index is 2.54.